The fraction of sp³-hybridized carbons (Fsp3) is 0.235. The number of hydrogen-bond acceptors (Lipinski definition) is 3. The Morgan fingerprint density at radius 2 is 1.67 bits per heavy atom. The standard InChI is InChI=1S/C17H17Cl2O3P.Li/c1-3-21-11-8-9-15(14(10-11)22-4-2)23-17(20)16-12(18)6-5-7-13(16)19;/h5-10,23H,3-4H2,1-2H3;. The minimum atomic E-state index is -0.133. The Bertz CT molecular complexity index is 690. The molecular weight excluding hydrogens is 361 g/mol. The van der Waals surface area contributed by atoms with Crippen LogP contribution >= 0.6 is 31.8 Å². The van der Waals surface area contributed by atoms with Crippen molar-refractivity contribution >= 4 is 61.5 Å². The zero-order chi connectivity index (χ0) is 16.8. The molecule has 0 aliphatic heterocycles. The Hall–Kier alpha value is -0.683. The first-order valence-corrected chi connectivity index (χ1v) is 8.97. The number of benzene rings is 2. The minimum Gasteiger partial charge on any atom is -0.494 e. The van der Waals surface area contributed by atoms with Crippen molar-refractivity contribution in [2.24, 2.45) is 0 Å². The number of ether oxygens (including phenoxy) is 2. The second-order valence-electron chi connectivity index (χ2n) is 4.57. The quantitative estimate of drug-likeness (QED) is 0.524. The van der Waals surface area contributed by atoms with Crippen molar-refractivity contribution in [2.45, 2.75) is 13.8 Å². The fourth-order valence-corrected chi connectivity index (χ4v) is 3.84. The molecule has 1 unspecified atom stereocenters. The summed E-state index contributed by atoms with van der Waals surface area (Å²) in [6.45, 7) is 4.89. The molecular formula is C17H17Cl2LiO3P. The molecule has 0 fully saturated rings. The largest absolute Gasteiger partial charge is 0.494 e. The first-order chi connectivity index (χ1) is 11.1. The summed E-state index contributed by atoms with van der Waals surface area (Å²) >= 11 is 12.2. The second-order valence-corrected chi connectivity index (χ2v) is 6.63. The first-order valence-electron chi connectivity index (χ1n) is 7.21. The molecule has 0 saturated carbocycles. The molecule has 2 rings (SSSR count). The van der Waals surface area contributed by atoms with Crippen molar-refractivity contribution in [3.8, 4) is 11.5 Å². The van der Waals surface area contributed by atoms with Crippen LogP contribution < -0.4 is 14.8 Å². The van der Waals surface area contributed by atoms with Crippen molar-refractivity contribution in [1.82, 2.24) is 0 Å². The number of halogens is 2. The van der Waals surface area contributed by atoms with Crippen LogP contribution in [0.1, 0.15) is 24.2 Å². The number of rotatable bonds is 7. The molecule has 0 aliphatic carbocycles. The zero-order valence-electron chi connectivity index (χ0n) is 13.9. The van der Waals surface area contributed by atoms with Crippen LogP contribution in [0, 0.1) is 0 Å². The van der Waals surface area contributed by atoms with E-state index in [1.165, 1.54) is 0 Å². The van der Waals surface area contributed by atoms with E-state index in [4.69, 9.17) is 32.7 Å². The van der Waals surface area contributed by atoms with Crippen molar-refractivity contribution in [2.75, 3.05) is 13.2 Å². The van der Waals surface area contributed by atoms with Crippen LogP contribution in [-0.4, -0.2) is 37.6 Å². The molecule has 2 aromatic rings. The van der Waals surface area contributed by atoms with Gasteiger partial charge < -0.3 is 9.47 Å². The van der Waals surface area contributed by atoms with Gasteiger partial charge in [0.05, 0.1) is 28.8 Å². The summed E-state index contributed by atoms with van der Waals surface area (Å²) in [5, 5.41) is 1.52. The summed E-state index contributed by atoms with van der Waals surface area (Å²) in [5.41, 5.74) is 0.233. The normalized spacial score (nSPS) is 10.5. The van der Waals surface area contributed by atoms with Crippen LogP contribution in [0.25, 0.3) is 0 Å². The third-order valence-electron chi connectivity index (χ3n) is 3.00. The number of carbonyl (C=O) groups excluding carboxylic acids is 1. The minimum absolute atomic E-state index is 0. The van der Waals surface area contributed by atoms with E-state index in [9.17, 15) is 4.79 Å². The monoisotopic (exact) mass is 377 g/mol. The maximum absolute atomic E-state index is 12.6. The van der Waals surface area contributed by atoms with Crippen molar-refractivity contribution in [1.29, 1.82) is 0 Å². The molecule has 0 N–H and O–H groups in total. The molecule has 0 amide bonds. The van der Waals surface area contributed by atoms with Gasteiger partial charge in [0.15, 0.2) is 5.52 Å². The van der Waals surface area contributed by atoms with Crippen LogP contribution in [0.4, 0.5) is 0 Å². The van der Waals surface area contributed by atoms with E-state index in [1.807, 2.05) is 26.0 Å². The Kier molecular flexibility index (Phi) is 9.20. The average Bonchev–Trinajstić information content (AvgIpc) is 2.50. The van der Waals surface area contributed by atoms with E-state index >= 15 is 0 Å². The summed E-state index contributed by atoms with van der Waals surface area (Å²) in [6.07, 6.45) is 0. The molecule has 0 heterocycles. The summed E-state index contributed by atoms with van der Waals surface area (Å²) < 4.78 is 11.1. The SMILES string of the molecule is CCOc1ccc(PC(=O)c2c(Cl)cccc2Cl)c(OCC)c1.[Li]. The predicted molar refractivity (Wildman–Crippen MR) is 103 cm³/mol. The number of carbonyl (C=O) groups is 1. The molecule has 0 bridgehead atoms. The third kappa shape index (κ3) is 5.41. The van der Waals surface area contributed by atoms with Gasteiger partial charge in [-0.25, -0.2) is 0 Å². The summed E-state index contributed by atoms with van der Waals surface area (Å²) in [4.78, 5) is 12.6. The van der Waals surface area contributed by atoms with Gasteiger partial charge in [-0.3, -0.25) is 4.79 Å². The van der Waals surface area contributed by atoms with E-state index in [0.29, 0.717) is 40.3 Å². The van der Waals surface area contributed by atoms with E-state index in [1.54, 1.807) is 24.3 Å². The van der Waals surface area contributed by atoms with Crippen LogP contribution in [0.15, 0.2) is 36.4 Å². The summed E-state index contributed by atoms with van der Waals surface area (Å²) in [7, 11) is -0.133. The van der Waals surface area contributed by atoms with Crippen LogP contribution in [0.2, 0.25) is 10.0 Å². The maximum atomic E-state index is 12.6. The summed E-state index contributed by atoms with van der Waals surface area (Å²) in [6, 6.07) is 10.5. The van der Waals surface area contributed by atoms with Gasteiger partial charge in [0.25, 0.3) is 0 Å². The molecule has 2 aromatic carbocycles. The third-order valence-corrected chi connectivity index (χ3v) is 4.79. The van der Waals surface area contributed by atoms with Gasteiger partial charge in [0.1, 0.15) is 11.5 Å². The smallest absolute Gasteiger partial charge is 0.188 e. The van der Waals surface area contributed by atoms with Gasteiger partial charge in [-0.05, 0) is 46.7 Å². The second kappa shape index (κ2) is 10.3. The number of hydrogen-bond donors (Lipinski definition) is 0. The molecule has 123 valence electrons. The van der Waals surface area contributed by atoms with Gasteiger partial charge in [0, 0.05) is 30.2 Å². The van der Waals surface area contributed by atoms with Crippen molar-refractivity contribution < 1.29 is 14.3 Å². The molecule has 7 heteroatoms. The van der Waals surface area contributed by atoms with E-state index < -0.39 is 0 Å². The van der Waals surface area contributed by atoms with Crippen molar-refractivity contribution in [3.63, 3.8) is 0 Å². The summed E-state index contributed by atoms with van der Waals surface area (Å²) in [5.74, 6) is 1.36. The molecule has 1 atom stereocenters. The maximum Gasteiger partial charge on any atom is 0.188 e. The van der Waals surface area contributed by atoms with Crippen LogP contribution in [0.3, 0.4) is 0 Å². The first kappa shape index (κ1) is 21.4. The Labute approximate surface area is 166 Å². The molecule has 0 aromatic heterocycles. The fourth-order valence-electron chi connectivity index (χ4n) is 2.04. The van der Waals surface area contributed by atoms with Crippen LogP contribution in [-0.2, 0) is 0 Å². The zero-order valence-corrected chi connectivity index (χ0v) is 16.4. The van der Waals surface area contributed by atoms with Gasteiger partial charge in [-0.2, -0.15) is 0 Å². The Morgan fingerprint density at radius 3 is 2.25 bits per heavy atom. The van der Waals surface area contributed by atoms with E-state index in [-0.39, 0.29) is 33.0 Å². The van der Waals surface area contributed by atoms with Gasteiger partial charge >= 0.3 is 0 Å². The van der Waals surface area contributed by atoms with Gasteiger partial charge in [-0.1, -0.05) is 29.3 Å². The molecule has 3 nitrogen and oxygen atoms in total. The van der Waals surface area contributed by atoms with Gasteiger partial charge in [-0.15, -0.1) is 0 Å². The Morgan fingerprint density at radius 1 is 1.04 bits per heavy atom. The Balaban J connectivity index is 0.00000288. The van der Waals surface area contributed by atoms with Crippen LogP contribution in [0.5, 0.6) is 11.5 Å². The topological polar surface area (TPSA) is 35.5 Å². The molecule has 0 saturated heterocycles. The van der Waals surface area contributed by atoms with Gasteiger partial charge in [0.2, 0.25) is 0 Å². The molecule has 1 radical (unpaired) electrons. The molecule has 0 aliphatic rings. The molecule has 0 spiro atoms. The van der Waals surface area contributed by atoms with E-state index in [2.05, 4.69) is 0 Å². The average molecular weight is 378 g/mol. The van der Waals surface area contributed by atoms with Crippen molar-refractivity contribution in [3.05, 3.63) is 52.0 Å². The predicted octanol–water partition coefficient (Wildman–Crippen LogP) is 4.55. The molecule has 24 heavy (non-hydrogen) atoms. The van der Waals surface area contributed by atoms with E-state index in [0.717, 1.165) is 5.30 Å².